The molecule has 2 saturated heterocycles. The second kappa shape index (κ2) is 5.23. The molecule has 5 nitrogen and oxygen atoms in total. The average molecular weight is 360 g/mol. The van der Waals surface area contributed by atoms with Crippen molar-refractivity contribution in [2.24, 2.45) is 11.8 Å². The van der Waals surface area contributed by atoms with Crippen LogP contribution in [0.2, 0.25) is 0 Å². The Morgan fingerprint density at radius 3 is 2.42 bits per heavy atom. The van der Waals surface area contributed by atoms with Gasteiger partial charge in [0.25, 0.3) is 10.0 Å². The van der Waals surface area contributed by atoms with Gasteiger partial charge in [-0.2, -0.15) is 4.31 Å². The van der Waals surface area contributed by atoms with Gasteiger partial charge in [-0.1, -0.05) is 42.5 Å². The fourth-order valence-electron chi connectivity index (χ4n) is 3.91. The summed E-state index contributed by atoms with van der Waals surface area (Å²) >= 11 is 1.24. The zero-order chi connectivity index (χ0) is 16.3. The molecule has 3 aliphatic rings. The molecule has 1 aromatic carbocycles. The van der Waals surface area contributed by atoms with Crippen molar-refractivity contribution in [1.29, 1.82) is 0 Å². The van der Waals surface area contributed by atoms with Crippen LogP contribution in [0, 0.1) is 11.8 Å². The molecule has 4 atom stereocenters. The molecule has 4 unspecified atom stereocenters. The number of thiazole rings is 1. The van der Waals surface area contributed by atoms with Crippen LogP contribution in [0.25, 0.3) is 10.6 Å². The van der Waals surface area contributed by atoms with Gasteiger partial charge in [-0.15, -0.1) is 11.3 Å². The molecule has 5 rings (SSSR count). The highest BCUT2D eigenvalue weighted by Crippen LogP contribution is 2.45. The zero-order valence-electron chi connectivity index (χ0n) is 12.8. The molecule has 4 heterocycles. The molecule has 0 radical (unpaired) electrons. The summed E-state index contributed by atoms with van der Waals surface area (Å²) in [5.41, 5.74) is 0.942. The first kappa shape index (κ1) is 14.8. The van der Waals surface area contributed by atoms with Gasteiger partial charge in [-0.05, 0) is 0 Å². The van der Waals surface area contributed by atoms with Gasteiger partial charge in [0, 0.05) is 30.5 Å². The van der Waals surface area contributed by atoms with Crippen molar-refractivity contribution in [2.45, 2.75) is 16.4 Å². The van der Waals surface area contributed by atoms with Crippen molar-refractivity contribution >= 4 is 21.4 Å². The molecule has 1 aromatic heterocycles. The minimum atomic E-state index is -3.48. The second-order valence-electron chi connectivity index (χ2n) is 6.45. The van der Waals surface area contributed by atoms with Crippen LogP contribution in [0.15, 0.2) is 52.9 Å². The van der Waals surface area contributed by atoms with E-state index in [1.807, 2.05) is 30.3 Å². The summed E-state index contributed by atoms with van der Waals surface area (Å²) < 4.78 is 33.7. The molecule has 0 N–H and O–H groups in total. The number of fused-ring (bicyclic) bond motifs is 5. The van der Waals surface area contributed by atoms with E-state index in [9.17, 15) is 8.42 Å². The number of hydrogen-bond donors (Lipinski definition) is 0. The van der Waals surface area contributed by atoms with E-state index in [-0.39, 0.29) is 24.0 Å². The molecule has 2 aromatic rings. The van der Waals surface area contributed by atoms with Crippen molar-refractivity contribution in [3.05, 3.63) is 48.7 Å². The lowest BCUT2D eigenvalue weighted by Gasteiger charge is -2.17. The molecular formula is C17H16N2O3S2. The third-order valence-corrected chi connectivity index (χ3v) is 8.44. The maximum absolute atomic E-state index is 13.0. The number of nitrogens with zero attached hydrogens (tertiary/aromatic N) is 2. The van der Waals surface area contributed by atoms with E-state index in [4.69, 9.17) is 4.74 Å². The number of benzene rings is 1. The van der Waals surface area contributed by atoms with Gasteiger partial charge in [-0.3, -0.25) is 0 Å². The Bertz CT molecular complexity index is 887. The average Bonchev–Trinajstić information content (AvgIpc) is 3.36. The zero-order valence-corrected chi connectivity index (χ0v) is 14.4. The maximum Gasteiger partial charge on any atom is 0.254 e. The third-order valence-electron chi connectivity index (χ3n) is 5.13. The Morgan fingerprint density at radius 2 is 1.75 bits per heavy atom. The number of rotatable bonds is 3. The summed E-state index contributed by atoms with van der Waals surface area (Å²) in [5.74, 6) is 0.576. The number of hydrogen-bond acceptors (Lipinski definition) is 5. The van der Waals surface area contributed by atoms with Gasteiger partial charge in [0.05, 0.1) is 18.4 Å². The molecule has 24 heavy (non-hydrogen) atoms. The Morgan fingerprint density at radius 1 is 1.08 bits per heavy atom. The summed E-state index contributed by atoms with van der Waals surface area (Å²) in [4.78, 5) is 4.31. The molecule has 124 valence electrons. The van der Waals surface area contributed by atoms with Crippen LogP contribution in [-0.4, -0.2) is 43.0 Å². The van der Waals surface area contributed by atoms with Crippen LogP contribution >= 0.6 is 11.3 Å². The van der Waals surface area contributed by atoms with E-state index < -0.39 is 10.0 Å². The van der Waals surface area contributed by atoms with Gasteiger partial charge in [0.1, 0.15) is 5.01 Å². The summed E-state index contributed by atoms with van der Waals surface area (Å²) in [6, 6.07) is 9.67. The monoisotopic (exact) mass is 360 g/mol. The third kappa shape index (κ3) is 2.12. The Kier molecular flexibility index (Phi) is 3.22. The van der Waals surface area contributed by atoms with Gasteiger partial charge >= 0.3 is 0 Å². The molecule has 3 aliphatic heterocycles. The number of aromatic nitrogens is 1. The standard InChI is InChI=1S/C17H16N2O3S2/c20-24(21,16-8-18-17(23-16)11-4-2-1-3-5-11)19-9-12-13(10-19)15-7-6-14(12)22-15/h1-8,12-15H,9-10H2. The van der Waals surface area contributed by atoms with Crippen LogP contribution in [0.1, 0.15) is 0 Å². The number of ether oxygens (including phenoxy) is 1. The van der Waals surface area contributed by atoms with Crippen LogP contribution in [0.3, 0.4) is 0 Å². The smallest absolute Gasteiger partial charge is 0.254 e. The lowest BCUT2D eigenvalue weighted by atomic mass is 9.86. The highest BCUT2D eigenvalue weighted by atomic mass is 32.2. The molecule has 2 fully saturated rings. The van der Waals surface area contributed by atoms with E-state index in [1.165, 1.54) is 17.5 Å². The normalized spacial score (nSPS) is 31.7. The highest BCUT2D eigenvalue weighted by Gasteiger charge is 2.53. The summed E-state index contributed by atoms with van der Waals surface area (Å²) in [7, 11) is -3.48. The first-order valence-corrected chi connectivity index (χ1v) is 10.2. The first-order chi connectivity index (χ1) is 11.6. The van der Waals surface area contributed by atoms with Crippen LogP contribution < -0.4 is 0 Å². The predicted octanol–water partition coefficient (Wildman–Crippen LogP) is 2.38. The van der Waals surface area contributed by atoms with Crippen molar-refractivity contribution in [3.8, 4) is 10.6 Å². The van der Waals surface area contributed by atoms with Gasteiger partial charge in [-0.25, -0.2) is 13.4 Å². The molecule has 0 amide bonds. The van der Waals surface area contributed by atoms with Crippen LogP contribution in [0.4, 0.5) is 0 Å². The largest absolute Gasteiger partial charge is 0.366 e. The van der Waals surface area contributed by atoms with E-state index in [0.29, 0.717) is 17.3 Å². The molecule has 0 spiro atoms. The minimum Gasteiger partial charge on any atom is -0.366 e. The predicted molar refractivity (Wildman–Crippen MR) is 91.1 cm³/mol. The minimum absolute atomic E-state index is 0.0848. The van der Waals surface area contributed by atoms with Gasteiger partial charge in [0.2, 0.25) is 0 Å². The summed E-state index contributed by atoms with van der Waals surface area (Å²) in [5, 5.41) is 0.735. The number of sulfonamides is 1. The van der Waals surface area contributed by atoms with Crippen molar-refractivity contribution in [2.75, 3.05) is 13.1 Å². The van der Waals surface area contributed by atoms with E-state index in [2.05, 4.69) is 17.1 Å². The van der Waals surface area contributed by atoms with E-state index in [1.54, 1.807) is 4.31 Å². The SMILES string of the molecule is O=S(=O)(c1cnc(-c2ccccc2)s1)N1CC2C3C=CC(O3)C2C1. The summed E-state index contributed by atoms with van der Waals surface area (Å²) in [6.45, 7) is 1.08. The lowest BCUT2D eigenvalue weighted by molar-refractivity contribution is 0.0930. The fraction of sp³-hybridized carbons (Fsp3) is 0.353. The lowest BCUT2D eigenvalue weighted by Crippen LogP contribution is -2.31. The van der Waals surface area contributed by atoms with Crippen molar-refractivity contribution in [1.82, 2.24) is 9.29 Å². The highest BCUT2D eigenvalue weighted by molar-refractivity contribution is 7.91. The van der Waals surface area contributed by atoms with Gasteiger partial charge in [0.15, 0.2) is 4.21 Å². The Hall–Kier alpha value is -1.54. The van der Waals surface area contributed by atoms with Crippen molar-refractivity contribution in [3.63, 3.8) is 0 Å². The molecule has 7 heteroatoms. The van der Waals surface area contributed by atoms with E-state index >= 15 is 0 Å². The Balaban J connectivity index is 1.42. The maximum atomic E-state index is 13.0. The fourth-order valence-corrected chi connectivity index (χ4v) is 6.71. The quantitative estimate of drug-likeness (QED) is 0.789. The topological polar surface area (TPSA) is 59.5 Å². The van der Waals surface area contributed by atoms with E-state index in [0.717, 1.165) is 10.6 Å². The molecule has 0 aliphatic carbocycles. The second-order valence-corrected chi connectivity index (χ2v) is 9.65. The first-order valence-electron chi connectivity index (χ1n) is 7.98. The summed E-state index contributed by atoms with van der Waals surface area (Å²) in [6.07, 6.45) is 5.80. The van der Waals surface area contributed by atoms with Crippen molar-refractivity contribution < 1.29 is 13.2 Å². The Labute approximate surface area is 144 Å². The molecular weight excluding hydrogens is 344 g/mol. The van der Waals surface area contributed by atoms with Gasteiger partial charge < -0.3 is 4.74 Å². The molecule has 0 saturated carbocycles. The van der Waals surface area contributed by atoms with Crippen LogP contribution in [-0.2, 0) is 14.8 Å². The van der Waals surface area contributed by atoms with Crippen LogP contribution in [0.5, 0.6) is 0 Å². The molecule has 2 bridgehead atoms.